The van der Waals surface area contributed by atoms with E-state index in [0.717, 1.165) is 4.57 Å². The smallest absolute Gasteiger partial charge is 0.443 e. The van der Waals surface area contributed by atoms with Crippen molar-refractivity contribution in [2.45, 2.75) is 39.3 Å². The van der Waals surface area contributed by atoms with E-state index < -0.39 is 18.8 Å². The summed E-state index contributed by atoms with van der Waals surface area (Å²) in [5, 5.41) is 20.1. The van der Waals surface area contributed by atoms with Crippen LogP contribution < -0.4 is 10.5 Å². The number of aromatic nitrogens is 1. The van der Waals surface area contributed by atoms with Gasteiger partial charge in [0.1, 0.15) is 10.6 Å². The molecule has 2 N–H and O–H groups in total. The Labute approximate surface area is 179 Å². The summed E-state index contributed by atoms with van der Waals surface area (Å²) in [6.45, 7) is 9.70. The molecule has 0 bridgehead atoms. The van der Waals surface area contributed by atoms with Crippen molar-refractivity contribution in [3.8, 4) is 0 Å². The monoisotopic (exact) mass is 437 g/mol. The lowest BCUT2D eigenvalue weighted by Crippen LogP contribution is -2.50. The number of rotatable bonds is 4. The Kier molecular flexibility index (Phi) is 6.58. The third-order valence-electron chi connectivity index (χ3n) is 4.96. The molecule has 3 heterocycles. The minimum absolute atomic E-state index is 0.0210. The van der Waals surface area contributed by atoms with Gasteiger partial charge in [0.25, 0.3) is 0 Å². The van der Waals surface area contributed by atoms with Gasteiger partial charge in [-0.3, -0.25) is 14.3 Å². The largest absolute Gasteiger partial charge is 0.506 e. The van der Waals surface area contributed by atoms with E-state index in [-0.39, 0.29) is 17.5 Å². The number of carbonyl (C=O) groups is 2. The zero-order chi connectivity index (χ0) is 22.2. The molecule has 11 heteroatoms. The molecule has 0 radical (unpaired) electrons. The molecule has 1 saturated heterocycles. The van der Waals surface area contributed by atoms with Gasteiger partial charge in [0, 0.05) is 20.1 Å². The number of morpholine rings is 1. The van der Waals surface area contributed by atoms with E-state index in [1.165, 1.54) is 17.4 Å². The molecular weight excluding hydrogens is 409 g/mol. The molecule has 1 unspecified atom stereocenters. The van der Waals surface area contributed by atoms with Crippen LogP contribution in [0.4, 0.5) is 9.80 Å². The number of fused-ring (bicyclic) bond motifs is 1. The minimum Gasteiger partial charge on any atom is -0.443 e. The summed E-state index contributed by atoms with van der Waals surface area (Å²) in [6, 6.07) is 2.92. The third kappa shape index (κ3) is 4.70. The van der Waals surface area contributed by atoms with E-state index in [4.69, 9.17) is 9.47 Å². The fourth-order valence-electron chi connectivity index (χ4n) is 3.38. The quantitative estimate of drug-likeness (QED) is 0.684. The first-order valence-corrected chi connectivity index (χ1v) is 10.7. The van der Waals surface area contributed by atoms with Crippen LogP contribution in [0.1, 0.15) is 27.7 Å². The Hall–Kier alpha value is -1.92. The summed E-state index contributed by atoms with van der Waals surface area (Å²) in [5.74, 6) is -0.0629. The van der Waals surface area contributed by atoms with Crippen LogP contribution in [0.15, 0.2) is 12.1 Å². The summed E-state index contributed by atoms with van der Waals surface area (Å²) in [4.78, 5) is 29.4. The molecule has 1 atom stereocenters. The average molecular weight is 437 g/mol. The van der Waals surface area contributed by atoms with Crippen molar-refractivity contribution >= 4 is 51.3 Å². The van der Waals surface area contributed by atoms with Crippen molar-refractivity contribution in [3.63, 3.8) is 0 Å². The van der Waals surface area contributed by atoms with E-state index >= 15 is 0 Å². The van der Waals surface area contributed by atoms with Crippen molar-refractivity contribution in [2.75, 3.05) is 38.3 Å². The van der Waals surface area contributed by atoms with Gasteiger partial charge in [0.15, 0.2) is 0 Å². The van der Waals surface area contributed by atoms with E-state index in [2.05, 4.69) is 4.90 Å². The first-order chi connectivity index (χ1) is 14.0. The lowest BCUT2D eigenvalue weighted by atomic mass is 9.86. The predicted molar refractivity (Wildman–Crippen MR) is 117 cm³/mol. The molecule has 1 amide bonds. The molecule has 0 aliphatic carbocycles. The van der Waals surface area contributed by atoms with Gasteiger partial charge in [0.2, 0.25) is 5.91 Å². The normalized spacial score (nSPS) is 16.5. The SMILES string of the molecule is CC(C(=O)N(C)c1cc2c(cc(B(O)O)n2C(=O)OC(C)(C)C)s1)N1CCOCC1. The van der Waals surface area contributed by atoms with Crippen LogP contribution in [0.5, 0.6) is 0 Å². The molecule has 0 saturated carbocycles. The van der Waals surface area contributed by atoms with Crippen molar-refractivity contribution in [3.05, 3.63) is 12.1 Å². The second kappa shape index (κ2) is 8.68. The predicted octanol–water partition coefficient (Wildman–Crippen LogP) is 0.849. The van der Waals surface area contributed by atoms with E-state index in [0.29, 0.717) is 41.5 Å². The van der Waals surface area contributed by atoms with Gasteiger partial charge < -0.3 is 24.4 Å². The molecule has 2 aromatic heterocycles. The molecule has 9 nitrogen and oxygen atoms in total. The van der Waals surface area contributed by atoms with Crippen molar-refractivity contribution in [1.29, 1.82) is 0 Å². The molecule has 0 spiro atoms. The standard InChI is InChI=1S/C19H28BN3O6S/c1-12(22-6-8-28-9-7-22)17(24)21(5)16-10-13-14(30-16)11-15(20(26)27)23(13)18(25)29-19(2,3)4/h10-12,26-27H,6-9H2,1-5H3. The van der Waals surface area contributed by atoms with Crippen molar-refractivity contribution in [2.24, 2.45) is 0 Å². The van der Waals surface area contributed by atoms with Gasteiger partial charge in [-0.25, -0.2) is 4.79 Å². The highest BCUT2D eigenvalue weighted by Crippen LogP contribution is 2.33. The van der Waals surface area contributed by atoms with Crippen LogP contribution in [0.2, 0.25) is 0 Å². The lowest BCUT2D eigenvalue weighted by molar-refractivity contribution is -0.124. The number of thiophene rings is 1. The number of nitrogens with zero attached hydrogens (tertiary/aromatic N) is 3. The molecule has 2 aromatic rings. The number of amides is 1. The molecule has 30 heavy (non-hydrogen) atoms. The number of carbonyl (C=O) groups excluding carboxylic acids is 2. The first kappa shape index (κ1) is 22.8. The van der Waals surface area contributed by atoms with Crippen molar-refractivity contribution < 1.29 is 29.1 Å². The Morgan fingerprint density at radius 1 is 1.27 bits per heavy atom. The molecule has 1 fully saturated rings. The topological polar surface area (TPSA) is 104 Å². The maximum Gasteiger partial charge on any atom is 0.506 e. The Bertz CT molecular complexity index is 929. The van der Waals surface area contributed by atoms with Gasteiger partial charge in [-0.1, -0.05) is 0 Å². The zero-order valence-electron chi connectivity index (χ0n) is 17.9. The van der Waals surface area contributed by atoms with Gasteiger partial charge in [-0.15, -0.1) is 11.3 Å². The highest BCUT2D eigenvalue weighted by atomic mass is 32.1. The molecule has 164 valence electrons. The Morgan fingerprint density at radius 2 is 1.90 bits per heavy atom. The fraction of sp³-hybridized carbons (Fsp3) is 0.579. The third-order valence-corrected chi connectivity index (χ3v) is 6.11. The number of likely N-dealkylation sites (N-methyl/N-ethyl adjacent to an activating group) is 1. The van der Waals surface area contributed by atoms with Gasteiger partial charge in [0.05, 0.1) is 35.1 Å². The van der Waals surface area contributed by atoms with Crippen LogP contribution in [-0.4, -0.2) is 83.6 Å². The summed E-state index contributed by atoms with van der Waals surface area (Å²) < 4.78 is 12.6. The second-order valence-corrected chi connectivity index (χ2v) is 9.38. The van der Waals surface area contributed by atoms with E-state index in [1.54, 1.807) is 38.8 Å². The van der Waals surface area contributed by atoms with Crippen LogP contribution in [0, 0.1) is 0 Å². The van der Waals surface area contributed by atoms with Crippen LogP contribution in [-0.2, 0) is 14.3 Å². The number of hydrogen-bond donors (Lipinski definition) is 2. The molecule has 3 rings (SSSR count). The maximum atomic E-state index is 13.0. The van der Waals surface area contributed by atoms with Crippen LogP contribution in [0.3, 0.4) is 0 Å². The van der Waals surface area contributed by atoms with E-state index in [9.17, 15) is 19.6 Å². The molecular formula is C19H28BN3O6S. The number of anilines is 1. The van der Waals surface area contributed by atoms with Crippen LogP contribution >= 0.6 is 11.3 Å². The summed E-state index contributed by atoms with van der Waals surface area (Å²) in [7, 11) is -0.134. The molecule has 1 aliphatic rings. The first-order valence-electron chi connectivity index (χ1n) is 9.83. The number of ether oxygens (including phenoxy) is 2. The summed E-state index contributed by atoms with van der Waals surface area (Å²) in [6.07, 6.45) is -0.708. The lowest BCUT2D eigenvalue weighted by Gasteiger charge is -2.33. The van der Waals surface area contributed by atoms with E-state index in [1.807, 2.05) is 6.92 Å². The second-order valence-electron chi connectivity index (χ2n) is 8.31. The highest BCUT2D eigenvalue weighted by molar-refractivity contribution is 7.23. The van der Waals surface area contributed by atoms with Gasteiger partial charge in [-0.05, 0) is 39.8 Å². The van der Waals surface area contributed by atoms with Gasteiger partial charge in [-0.2, -0.15) is 0 Å². The summed E-state index contributed by atoms with van der Waals surface area (Å²) >= 11 is 1.30. The fourth-order valence-corrected chi connectivity index (χ4v) is 4.43. The van der Waals surface area contributed by atoms with Crippen molar-refractivity contribution in [1.82, 2.24) is 9.47 Å². The number of hydrogen-bond acceptors (Lipinski definition) is 8. The van der Waals surface area contributed by atoms with Gasteiger partial charge >= 0.3 is 13.2 Å². The molecule has 1 aliphatic heterocycles. The van der Waals surface area contributed by atoms with Crippen LogP contribution in [0.25, 0.3) is 10.2 Å². The highest BCUT2D eigenvalue weighted by Gasteiger charge is 2.30. The Morgan fingerprint density at radius 3 is 2.47 bits per heavy atom. The molecule has 0 aromatic carbocycles. The maximum absolute atomic E-state index is 13.0. The average Bonchev–Trinajstić information content (AvgIpc) is 3.23. The summed E-state index contributed by atoms with van der Waals surface area (Å²) in [5.41, 5.74) is -0.261. The zero-order valence-corrected chi connectivity index (χ0v) is 18.7. The minimum atomic E-state index is -1.83. The Balaban J connectivity index is 1.90.